The third kappa shape index (κ3) is 4.02. The smallest absolute Gasteiger partial charge is 0.147 e. The summed E-state index contributed by atoms with van der Waals surface area (Å²) in [6.07, 6.45) is 0. The molecule has 0 unspecified atom stereocenters. The normalized spacial score (nSPS) is 10.6. The predicted molar refractivity (Wildman–Crippen MR) is 99.3 cm³/mol. The number of aryl methyl sites for hydroxylation is 2. The first kappa shape index (κ1) is 16.8. The van der Waals surface area contributed by atoms with E-state index in [4.69, 9.17) is 4.74 Å². The Morgan fingerprint density at radius 3 is 1.95 bits per heavy atom. The van der Waals surface area contributed by atoms with Gasteiger partial charge in [0.25, 0.3) is 0 Å². The molecule has 0 spiro atoms. The van der Waals surface area contributed by atoms with Crippen molar-refractivity contribution in [1.82, 2.24) is 0 Å². The molecular weight excluding hydrogens is 462 g/mol. The summed E-state index contributed by atoms with van der Waals surface area (Å²) in [4.78, 5) is 0. The van der Waals surface area contributed by atoms with Crippen LogP contribution in [0.15, 0.2) is 37.7 Å². The first-order chi connectivity index (χ1) is 9.92. The molecule has 1 N–H and O–H groups in total. The molecule has 0 heterocycles. The number of anilines is 1. The lowest BCUT2D eigenvalue weighted by Gasteiger charge is -2.13. The fourth-order valence-corrected chi connectivity index (χ4v) is 4.00. The van der Waals surface area contributed by atoms with Crippen LogP contribution in [0.2, 0.25) is 0 Å². The van der Waals surface area contributed by atoms with Crippen molar-refractivity contribution in [1.29, 1.82) is 0 Å². The lowest BCUT2D eigenvalue weighted by atomic mass is 10.1. The van der Waals surface area contributed by atoms with E-state index in [0.717, 1.165) is 26.9 Å². The van der Waals surface area contributed by atoms with Gasteiger partial charge >= 0.3 is 0 Å². The Morgan fingerprint density at radius 2 is 1.48 bits per heavy atom. The lowest BCUT2D eigenvalue weighted by molar-refractivity contribution is 0.409. The quantitative estimate of drug-likeness (QED) is 0.565. The standard InChI is InChI=1S/C16H16Br3NO/c1-9-4-12(5-10(2)15(9)19)20-8-11-6-13(17)16(21-3)14(18)7-11/h4-7,20H,8H2,1-3H3. The number of hydrogen-bond acceptors (Lipinski definition) is 2. The van der Waals surface area contributed by atoms with Crippen LogP contribution >= 0.6 is 47.8 Å². The van der Waals surface area contributed by atoms with Crippen LogP contribution < -0.4 is 10.1 Å². The van der Waals surface area contributed by atoms with Gasteiger partial charge in [0.15, 0.2) is 0 Å². The lowest BCUT2D eigenvalue weighted by Crippen LogP contribution is -2.01. The topological polar surface area (TPSA) is 21.3 Å². The Hall–Kier alpha value is -0.520. The molecule has 0 aliphatic carbocycles. The first-order valence-corrected chi connectivity index (χ1v) is 8.82. The first-order valence-electron chi connectivity index (χ1n) is 6.45. The van der Waals surface area contributed by atoms with Crippen molar-refractivity contribution >= 4 is 53.5 Å². The second-order valence-corrected chi connectivity index (χ2v) is 7.37. The Labute approximate surface area is 150 Å². The molecule has 112 valence electrons. The number of hydrogen-bond donors (Lipinski definition) is 1. The van der Waals surface area contributed by atoms with E-state index in [2.05, 4.69) is 91.2 Å². The van der Waals surface area contributed by atoms with Crippen LogP contribution in [0.4, 0.5) is 5.69 Å². The Kier molecular flexibility index (Phi) is 5.74. The Bertz CT molecular complexity index is 625. The van der Waals surface area contributed by atoms with Crippen molar-refractivity contribution in [2.24, 2.45) is 0 Å². The number of halogens is 3. The van der Waals surface area contributed by atoms with Crippen molar-refractivity contribution in [3.05, 3.63) is 54.4 Å². The SMILES string of the molecule is COc1c(Br)cc(CNc2cc(C)c(Br)c(C)c2)cc1Br. The van der Waals surface area contributed by atoms with Gasteiger partial charge in [-0.3, -0.25) is 0 Å². The largest absolute Gasteiger partial charge is 0.494 e. The molecule has 2 nitrogen and oxygen atoms in total. The van der Waals surface area contributed by atoms with E-state index in [0.29, 0.717) is 0 Å². The highest BCUT2D eigenvalue weighted by atomic mass is 79.9. The van der Waals surface area contributed by atoms with E-state index in [-0.39, 0.29) is 0 Å². The summed E-state index contributed by atoms with van der Waals surface area (Å²) in [5.74, 6) is 0.814. The molecule has 0 radical (unpaired) electrons. The maximum absolute atomic E-state index is 5.32. The Morgan fingerprint density at radius 1 is 0.952 bits per heavy atom. The summed E-state index contributed by atoms with van der Waals surface area (Å²) in [5, 5.41) is 3.46. The minimum atomic E-state index is 0.752. The van der Waals surface area contributed by atoms with E-state index < -0.39 is 0 Å². The van der Waals surface area contributed by atoms with Crippen LogP contribution in [0.5, 0.6) is 5.75 Å². The van der Waals surface area contributed by atoms with Gasteiger partial charge < -0.3 is 10.1 Å². The molecule has 0 atom stereocenters. The molecular formula is C16H16Br3NO. The van der Waals surface area contributed by atoms with E-state index >= 15 is 0 Å². The number of nitrogens with one attached hydrogen (secondary N) is 1. The van der Waals surface area contributed by atoms with Crippen molar-refractivity contribution < 1.29 is 4.74 Å². The fraction of sp³-hybridized carbons (Fsp3) is 0.250. The van der Waals surface area contributed by atoms with E-state index in [1.54, 1.807) is 7.11 Å². The number of methoxy groups -OCH3 is 1. The second-order valence-electron chi connectivity index (χ2n) is 4.87. The van der Waals surface area contributed by atoms with Crippen LogP contribution in [-0.4, -0.2) is 7.11 Å². The van der Waals surface area contributed by atoms with Crippen LogP contribution in [-0.2, 0) is 6.54 Å². The van der Waals surface area contributed by atoms with Crippen molar-refractivity contribution in [2.45, 2.75) is 20.4 Å². The van der Waals surface area contributed by atoms with Gasteiger partial charge in [0.2, 0.25) is 0 Å². The summed E-state index contributed by atoms with van der Waals surface area (Å²) in [7, 11) is 1.66. The number of benzene rings is 2. The van der Waals surface area contributed by atoms with Crippen molar-refractivity contribution in [2.75, 3.05) is 12.4 Å². The Balaban J connectivity index is 2.17. The highest BCUT2D eigenvalue weighted by Gasteiger charge is 2.08. The second kappa shape index (κ2) is 7.16. The fourth-order valence-electron chi connectivity index (χ4n) is 2.16. The zero-order valence-electron chi connectivity index (χ0n) is 12.1. The van der Waals surface area contributed by atoms with Crippen LogP contribution in [0.1, 0.15) is 16.7 Å². The minimum absolute atomic E-state index is 0.752. The molecule has 0 saturated heterocycles. The maximum Gasteiger partial charge on any atom is 0.147 e. The summed E-state index contributed by atoms with van der Waals surface area (Å²) < 4.78 is 8.38. The van der Waals surface area contributed by atoms with Gasteiger partial charge in [-0.15, -0.1) is 0 Å². The molecule has 2 rings (SSSR count). The number of ether oxygens (including phenoxy) is 1. The zero-order chi connectivity index (χ0) is 15.6. The van der Waals surface area contributed by atoms with Crippen molar-refractivity contribution in [3.8, 4) is 5.75 Å². The molecule has 0 fully saturated rings. The zero-order valence-corrected chi connectivity index (χ0v) is 16.8. The van der Waals surface area contributed by atoms with Crippen molar-refractivity contribution in [3.63, 3.8) is 0 Å². The molecule has 0 bridgehead atoms. The summed E-state index contributed by atoms with van der Waals surface area (Å²) in [5.41, 5.74) is 4.76. The van der Waals surface area contributed by atoms with Crippen LogP contribution in [0.3, 0.4) is 0 Å². The van der Waals surface area contributed by atoms with Gasteiger partial charge in [-0.2, -0.15) is 0 Å². The third-order valence-corrected chi connectivity index (χ3v) is 5.62. The van der Waals surface area contributed by atoms with Gasteiger partial charge in [-0.25, -0.2) is 0 Å². The van der Waals surface area contributed by atoms with Gasteiger partial charge in [-0.1, -0.05) is 15.9 Å². The molecule has 0 saturated carbocycles. The van der Waals surface area contributed by atoms with Gasteiger partial charge in [0, 0.05) is 16.7 Å². The predicted octanol–water partition coefficient (Wildman–Crippen LogP) is 6.21. The average Bonchev–Trinajstić information content (AvgIpc) is 2.42. The van der Waals surface area contributed by atoms with E-state index in [1.165, 1.54) is 21.2 Å². The third-order valence-electron chi connectivity index (χ3n) is 3.20. The average molecular weight is 478 g/mol. The molecule has 0 aliphatic heterocycles. The molecule has 5 heteroatoms. The molecule has 0 aliphatic rings. The van der Waals surface area contributed by atoms with E-state index in [1.807, 2.05) is 0 Å². The van der Waals surface area contributed by atoms with Gasteiger partial charge in [-0.05, 0) is 86.7 Å². The van der Waals surface area contributed by atoms with Gasteiger partial charge in [0.05, 0.1) is 16.1 Å². The highest BCUT2D eigenvalue weighted by Crippen LogP contribution is 2.34. The maximum atomic E-state index is 5.32. The molecule has 2 aromatic carbocycles. The van der Waals surface area contributed by atoms with Crippen LogP contribution in [0, 0.1) is 13.8 Å². The summed E-state index contributed by atoms with van der Waals surface area (Å²) >= 11 is 10.6. The molecule has 2 aromatic rings. The van der Waals surface area contributed by atoms with Crippen LogP contribution in [0.25, 0.3) is 0 Å². The minimum Gasteiger partial charge on any atom is -0.494 e. The summed E-state index contributed by atoms with van der Waals surface area (Å²) in [6.45, 7) is 4.95. The molecule has 0 amide bonds. The van der Waals surface area contributed by atoms with E-state index in [9.17, 15) is 0 Å². The van der Waals surface area contributed by atoms with Gasteiger partial charge in [0.1, 0.15) is 5.75 Å². The molecule has 0 aromatic heterocycles. The summed E-state index contributed by atoms with van der Waals surface area (Å²) in [6, 6.07) is 8.42. The number of rotatable bonds is 4. The highest BCUT2D eigenvalue weighted by molar-refractivity contribution is 9.11. The molecule has 21 heavy (non-hydrogen) atoms. The monoisotopic (exact) mass is 475 g/mol.